The number of rotatable bonds is 8. The van der Waals surface area contributed by atoms with Gasteiger partial charge in [-0.15, -0.1) is 0 Å². The second-order valence-corrected chi connectivity index (χ2v) is 6.54. The number of hydrogen-bond donors (Lipinski definition) is 1. The highest BCUT2D eigenvalue weighted by molar-refractivity contribution is 5.82. The van der Waals surface area contributed by atoms with Crippen molar-refractivity contribution in [3.05, 3.63) is 36.7 Å². The number of nitrogens with zero attached hydrogens (tertiary/aromatic N) is 1. The molecule has 130 valence electrons. The third-order valence-electron chi connectivity index (χ3n) is 4.62. The van der Waals surface area contributed by atoms with Crippen LogP contribution in [0.1, 0.15) is 39.0 Å². The van der Waals surface area contributed by atoms with Crippen molar-refractivity contribution in [2.75, 3.05) is 19.8 Å². The molecule has 1 aromatic heterocycles. The van der Waals surface area contributed by atoms with Crippen molar-refractivity contribution in [1.82, 2.24) is 10.3 Å². The molecule has 1 aliphatic rings. The van der Waals surface area contributed by atoms with Crippen LogP contribution in [0.5, 0.6) is 5.75 Å². The zero-order valence-electron chi connectivity index (χ0n) is 14.5. The second-order valence-electron chi connectivity index (χ2n) is 6.54. The largest absolute Gasteiger partial charge is 0.490 e. The fourth-order valence-corrected chi connectivity index (χ4v) is 3.29. The fraction of sp³-hybridized carbons (Fsp3) is 0.550. The Labute approximate surface area is 144 Å². The summed E-state index contributed by atoms with van der Waals surface area (Å²) in [4.78, 5) is 4.15. The summed E-state index contributed by atoms with van der Waals surface area (Å²) >= 11 is 0. The summed E-state index contributed by atoms with van der Waals surface area (Å²) in [5.41, 5.74) is 0. The van der Waals surface area contributed by atoms with E-state index in [9.17, 15) is 0 Å². The summed E-state index contributed by atoms with van der Waals surface area (Å²) in [7, 11) is 0. The Morgan fingerprint density at radius 3 is 2.79 bits per heavy atom. The van der Waals surface area contributed by atoms with E-state index in [1.807, 2.05) is 18.5 Å². The minimum absolute atomic E-state index is 0.332. The van der Waals surface area contributed by atoms with Crippen molar-refractivity contribution in [2.24, 2.45) is 0 Å². The maximum absolute atomic E-state index is 6.20. The molecule has 4 heteroatoms. The molecule has 1 fully saturated rings. The number of hydrogen-bond acceptors (Lipinski definition) is 4. The molecule has 0 bridgehead atoms. The molecule has 4 nitrogen and oxygen atoms in total. The molecule has 3 rings (SSSR count). The van der Waals surface area contributed by atoms with Gasteiger partial charge in [0.1, 0.15) is 5.75 Å². The third-order valence-corrected chi connectivity index (χ3v) is 4.62. The maximum Gasteiger partial charge on any atom is 0.120 e. The van der Waals surface area contributed by atoms with Crippen molar-refractivity contribution in [1.29, 1.82) is 0 Å². The summed E-state index contributed by atoms with van der Waals surface area (Å²) in [5, 5.41) is 5.94. The van der Waals surface area contributed by atoms with Gasteiger partial charge < -0.3 is 14.8 Å². The van der Waals surface area contributed by atoms with E-state index in [0.717, 1.165) is 50.2 Å². The normalized spacial score (nSPS) is 21.0. The van der Waals surface area contributed by atoms with Crippen LogP contribution in [-0.2, 0) is 4.74 Å². The second kappa shape index (κ2) is 9.00. The zero-order valence-corrected chi connectivity index (χ0v) is 14.5. The van der Waals surface area contributed by atoms with Gasteiger partial charge in [-0.1, -0.05) is 6.92 Å². The monoisotopic (exact) mass is 328 g/mol. The first-order chi connectivity index (χ1) is 11.8. The first-order valence-electron chi connectivity index (χ1n) is 9.16. The smallest absolute Gasteiger partial charge is 0.120 e. The molecular formula is C20H28N2O2. The van der Waals surface area contributed by atoms with Crippen molar-refractivity contribution in [2.45, 2.75) is 51.2 Å². The van der Waals surface area contributed by atoms with Crippen LogP contribution in [0.3, 0.4) is 0 Å². The molecule has 1 heterocycles. The van der Waals surface area contributed by atoms with Crippen LogP contribution in [0, 0.1) is 0 Å². The number of ether oxygens (including phenoxy) is 2. The molecule has 0 spiro atoms. The molecule has 0 unspecified atom stereocenters. The predicted octanol–water partition coefficient (Wildman–Crippen LogP) is 3.94. The lowest BCUT2D eigenvalue weighted by molar-refractivity contribution is 0.120. The number of aromatic nitrogens is 1. The van der Waals surface area contributed by atoms with Crippen LogP contribution < -0.4 is 10.1 Å². The minimum Gasteiger partial charge on any atom is -0.490 e. The average molecular weight is 328 g/mol. The molecule has 1 aromatic carbocycles. The van der Waals surface area contributed by atoms with Gasteiger partial charge in [-0.2, -0.15) is 0 Å². The van der Waals surface area contributed by atoms with Gasteiger partial charge in [-0.05, 0) is 61.8 Å². The third kappa shape index (κ3) is 4.92. The Hall–Kier alpha value is -1.65. The maximum atomic E-state index is 6.20. The molecule has 1 aliphatic carbocycles. The van der Waals surface area contributed by atoms with Crippen molar-refractivity contribution in [3.63, 3.8) is 0 Å². The topological polar surface area (TPSA) is 43.4 Å². The summed E-state index contributed by atoms with van der Waals surface area (Å²) in [6, 6.07) is 8.90. The molecule has 0 amide bonds. The van der Waals surface area contributed by atoms with Crippen LogP contribution in [-0.4, -0.2) is 36.9 Å². The molecular weight excluding hydrogens is 300 g/mol. The number of benzene rings is 1. The first kappa shape index (κ1) is 17.2. The van der Waals surface area contributed by atoms with Crippen molar-refractivity contribution in [3.8, 4) is 5.75 Å². The molecule has 0 atom stereocenters. The van der Waals surface area contributed by atoms with E-state index in [0.29, 0.717) is 12.1 Å². The lowest BCUT2D eigenvalue weighted by Gasteiger charge is -2.29. The van der Waals surface area contributed by atoms with Gasteiger partial charge in [-0.3, -0.25) is 4.98 Å². The van der Waals surface area contributed by atoms with E-state index in [-0.39, 0.29) is 0 Å². The van der Waals surface area contributed by atoms with Gasteiger partial charge in [0.2, 0.25) is 0 Å². The summed E-state index contributed by atoms with van der Waals surface area (Å²) < 4.78 is 11.7. The SMILES string of the molecule is CCCOCCNC1CCC(Oc2ccc3cnccc3c2)CC1. The van der Waals surface area contributed by atoms with Crippen LogP contribution in [0.2, 0.25) is 0 Å². The van der Waals surface area contributed by atoms with Gasteiger partial charge >= 0.3 is 0 Å². The van der Waals surface area contributed by atoms with E-state index in [1.54, 1.807) is 0 Å². The van der Waals surface area contributed by atoms with Crippen LogP contribution >= 0.6 is 0 Å². The summed E-state index contributed by atoms with van der Waals surface area (Å²) in [6.07, 6.45) is 9.72. The van der Waals surface area contributed by atoms with Gasteiger partial charge in [0.05, 0.1) is 12.7 Å². The van der Waals surface area contributed by atoms with Crippen LogP contribution in [0.15, 0.2) is 36.7 Å². The Kier molecular flexibility index (Phi) is 6.44. The van der Waals surface area contributed by atoms with E-state index >= 15 is 0 Å². The Bertz CT molecular complexity index is 624. The van der Waals surface area contributed by atoms with Gasteiger partial charge in [0, 0.05) is 37.0 Å². The van der Waals surface area contributed by atoms with Gasteiger partial charge in [0.25, 0.3) is 0 Å². The summed E-state index contributed by atoms with van der Waals surface area (Å²) in [6.45, 7) is 4.77. The molecule has 24 heavy (non-hydrogen) atoms. The van der Waals surface area contributed by atoms with Crippen LogP contribution in [0.25, 0.3) is 10.8 Å². The molecule has 0 radical (unpaired) electrons. The van der Waals surface area contributed by atoms with Gasteiger partial charge in [-0.25, -0.2) is 0 Å². The van der Waals surface area contributed by atoms with E-state index in [2.05, 4.69) is 35.4 Å². The number of nitrogens with one attached hydrogen (secondary N) is 1. The van der Waals surface area contributed by atoms with Crippen molar-refractivity contribution < 1.29 is 9.47 Å². The zero-order chi connectivity index (χ0) is 16.6. The fourth-order valence-electron chi connectivity index (χ4n) is 3.29. The first-order valence-corrected chi connectivity index (χ1v) is 9.16. The Balaban J connectivity index is 1.41. The molecule has 0 saturated heterocycles. The quantitative estimate of drug-likeness (QED) is 0.745. The average Bonchev–Trinajstić information content (AvgIpc) is 2.63. The van der Waals surface area contributed by atoms with E-state index in [4.69, 9.17) is 9.47 Å². The summed E-state index contributed by atoms with van der Waals surface area (Å²) in [5.74, 6) is 0.970. The van der Waals surface area contributed by atoms with Crippen molar-refractivity contribution >= 4 is 10.8 Å². The van der Waals surface area contributed by atoms with Crippen LogP contribution in [0.4, 0.5) is 0 Å². The molecule has 1 saturated carbocycles. The van der Waals surface area contributed by atoms with E-state index < -0.39 is 0 Å². The molecule has 0 aliphatic heterocycles. The standard InChI is InChI=1S/C20H28N2O2/c1-2-12-23-13-11-22-18-4-7-19(8-5-18)24-20-6-3-17-15-21-10-9-16(17)14-20/h3,6,9-10,14-15,18-19,22H,2,4-5,7-8,11-13H2,1H3. The Morgan fingerprint density at radius 2 is 1.96 bits per heavy atom. The lowest BCUT2D eigenvalue weighted by atomic mass is 9.93. The predicted molar refractivity (Wildman–Crippen MR) is 97.5 cm³/mol. The molecule has 1 N–H and O–H groups in total. The number of fused-ring (bicyclic) bond motifs is 1. The highest BCUT2D eigenvalue weighted by Gasteiger charge is 2.22. The van der Waals surface area contributed by atoms with Gasteiger partial charge in [0.15, 0.2) is 0 Å². The minimum atomic E-state index is 0.332. The van der Waals surface area contributed by atoms with E-state index in [1.165, 1.54) is 18.2 Å². The Morgan fingerprint density at radius 1 is 1.08 bits per heavy atom. The number of pyridine rings is 1. The molecule has 2 aromatic rings. The highest BCUT2D eigenvalue weighted by Crippen LogP contribution is 2.26. The lowest BCUT2D eigenvalue weighted by Crippen LogP contribution is -2.37. The highest BCUT2D eigenvalue weighted by atomic mass is 16.5.